The first-order valence-electron chi connectivity index (χ1n) is 7.71. The molecule has 3 N–H and O–H groups in total. The Hall–Kier alpha value is -2.18. The minimum Gasteiger partial charge on any atom is -0.444 e. The Labute approximate surface area is 136 Å². The molecule has 0 aliphatic carbocycles. The van der Waals surface area contributed by atoms with Gasteiger partial charge < -0.3 is 25.6 Å². The molecule has 23 heavy (non-hydrogen) atoms. The fourth-order valence-electron chi connectivity index (χ4n) is 2.60. The van der Waals surface area contributed by atoms with E-state index >= 15 is 0 Å². The van der Waals surface area contributed by atoms with E-state index in [2.05, 4.69) is 10.2 Å². The van der Waals surface area contributed by atoms with Crippen molar-refractivity contribution in [3.05, 3.63) is 17.9 Å². The highest BCUT2D eigenvalue weighted by Gasteiger charge is 2.27. The van der Waals surface area contributed by atoms with Crippen LogP contribution in [0.15, 0.2) is 12.1 Å². The summed E-state index contributed by atoms with van der Waals surface area (Å²) in [4.78, 5) is 15.8. The first kappa shape index (κ1) is 17.2. The lowest BCUT2D eigenvalue weighted by Crippen LogP contribution is -2.50. The average molecular weight is 324 g/mol. The second-order valence-electron chi connectivity index (χ2n) is 6.60. The van der Waals surface area contributed by atoms with Gasteiger partial charge in [-0.05, 0) is 32.9 Å². The number of rotatable bonds is 2. The van der Waals surface area contributed by atoms with Crippen molar-refractivity contribution in [2.45, 2.75) is 26.4 Å². The molecular formula is C16H25FN4O2. The molecule has 128 valence electrons. The van der Waals surface area contributed by atoms with Gasteiger partial charge in [0.15, 0.2) is 0 Å². The third kappa shape index (κ3) is 4.18. The van der Waals surface area contributed by atoms with Gasteiger partial charge in [-0.25, -0.2) is 9.18 Å². The number of nitrogen functional groups attached to an aromatic ring is 1. The van der Waals surface area contributed by atoms with E-state index in [0.29, 0.717) is 37.6 Å². The monoisotopic (exact) mass is 324 g/mol. The Morgan fingerprint density at radius 1 is 1.26 bits per heavy atom. The summed E-state index contributed by atoms with van der Waals surface area (Å²) in [5, 5.41) is 2.97. The number of anilines is 3. The highest BCUT2D eigenvalue weighted by Crippen LogP contribution is 2.34. The number of hydrogen-bond donors (Lipinski definition) is 2. The SMILES string of the molecule is CNc1cc(F)cc(N)c1N1CCN(C(=O)OC(C)(C)C)CC1. The first-order chi connectivity index (χ1) is 10.7. The molecule has 1 aliphatic heterocycles. The third-order valence-electron chi connectivity index (χ3n) is 3.62. The zero-order chi connectivity index (χ0) is 17.2. The maximum atomic E-state index is 13.5. The predicted octanol–water partition coefficient (Wildman–Crippen LogP) is 2.51. The summed E-state index contributed by atoms with van der Waals surface area (Å²) >= 11 is 0. The van der Waals surface area contributed by atoms with Gasteiger partial charge in [0.05, 0.1) is 17.1 Å². The van der Waals surface area contributed by atoms with Gasteiger partial charge in [-0.15, -0.1) is 0 Å². The van der Waals surface area contributed by atoms with Crippen molar-refractivity contribution in [1.29, 1.82) is 0 Å². The molecule has 1 aromatic carbocycles. The molecule has 2 rings (SSSR count). The second-order valence-corrected chi connectivity index (χ2v) is 6.60. The Kier molecular flexibility index (Phi) is 4.87. The number of carbonyl (C=O) groups excluding carboxylic acids is 1. The van der Waals surface area contributed by atoms with Crippen LogP contribution in [0.4, 0.5) is 26.2 Å². The summed E-state index contributed by atoms with van der Waals surface area (Å²) in [7, 11) is 1.73. The van der Waals surface area contributed by atoms with Crippen LogP contribution >= 0.6 is 0 Å². The van der Waals surface area contributed by atoms with Crippen molar-refractivity contribution in [2.24, 2.45) is 0 Å². The Morgan fingerprint density at radius 3 is 2.39 bits per heavy atom. The van der Waals surface area contributed by atoms with Crippen LogP contribution in [0.3, 0.4) is 0 Å². The third-order valence-corrected chi connectivity index (χ3v) is 3.62. The molecule has 1 amide bonds. The number of amides is 1. The van der Waals surface area contributed by atoms with Crippen LogP contribution in [0, 0.1) is 5.82 Å². The minimum absolute atomic E-state index is 0.307. The number of nitrogens with one attached hydrogen (secondary N) is 1. The fraction of sp³-hybridized carbons (Fsp3) is 0.562. The molecule has 1 saturated heterocycles. The van der Waals surface area contributed by atoms with Gasteiger partial charge in [0.25, 0.3) is 0 Å². The van der Waals surface area contributed by atoms with Gasteiger partial charge in [0.1, 0.15) is 11.4 Å². The number of benzene rings is 1. The van der Waals surface area contributed by atoms with Crippen LogP contribution in [-0.4, -0.2) is 49.8 Å². The zero-order valence-corrected chi connectivity index (χ0v) is 14.1. The van der Waals surface area contributed by atoms with Crippen LogP contribution in [0.5, 0.6) is 0 Å². The molecule has 1 aliphatic rings. The molecule has 0 saturated carbocycles. The molecular weight excluding hydrogens is 299 g/mol. The number of carbonyl (C=O) groups is 1. The van der Waals surface area contributed by atoms with E-state index in [1.807, 2.05) is 20.8 Å². The van der Waals surface area contributed by atoms with E-state index < -0.39 is 5.60 Å². The highest BCUT2D eigenvalue weighted by molar-refractivity contribution is 5.82. The molecule has 1 fully saturated rings. The van der Waals surface area contributed by atoms with E-state index in [1.54, 1.807) is 11.9 Å². The molecule has 0 radical (unpaired) electrons. The van der Waals surface area contributed by atoms with E-state index in [1.165, 1.54) is 12.1 Å². The minimum atomic E-state index is -0.505. The average Bonchev–Trinajstić information content (AvgIpc) is 2.45. The summed E-state index contributed by atoms with van der Waals surface area (Å²) < 4.78 is 18.9. The van der Waals surface area contributed by atoms with Crippen LogP contribution in [0.25, 0.3) is 0 Å². The normalized spacial score (nSPS) is 15.5. The molecule has 0 atom stereocenters. The Morgan fingerprint density at radius 2 is 1.87 bits per heavy atom. The van der Waals surface area contributed by atoms with Gasteiger partial charge in [-0.3, -0.25) is 0 Å². The standard InChI is InChI=1S/C16H25FN4O2/c1-16(2,3)23-15(22)21-7-5-20(6-8-21)14-12(18)9-11(17)10-13(14)19-4/h9-10,19H,5-8,18H2,1-4H3. The van der Waals surface area contributed by atoms with Crippen molar-refractivity contribution in [3.8, 4) is 0 Å². The Balaban J connectivity index is 2.07. The second kappa shape index (κ2) is 6.52. The topological polar surface area (TPSA) is 70.8 Å². The molecule has 0 bridgehead atoms. The van der Waals surface area contributed by atoms with Crippen LogP contribution in [0.2, 0.25) is 0 Å². The highest BCUT2D eigenvalue weighted by atomic mass is 19.1. The first-order valence-corrected chi connectivity index (χ1v) is 7.71. The molecule has 0 aromatic heterocycles. The van der Waals surface area contributed by atoms with Crippen LogP contribution in [0.1, 0.15) is 20.8 Å². The van der Waals surface area contributed by atoms with Gasteiger partial charge in [0, 0.05) is 33.2 Å². The molecule has 7 heteroatoms. The van der Waals surface area contributed by atoms with Crippen molar-refractivity contribution in [3.63, 3.8) is 0 Å². The largest absolute Gasteiger partial charge is 0.444 e. The summed E-state index contributed by atoms with van der Waals surface area (Å²) in [5.41, 5.74) is 7.29. The van der Waals surface area contributed by atoms with Crippen molar-refractivity contribution >= 4 is 23.2 Å². The zero-order valence-electron chi connectivity index (χ0n) is 14.1. The summed E-state index contributed by atoms with van der Waals surface area (Å²) in [6.45, 7) is 7.84. The number of nitrogens with two attached hydrogens (primary N) is 1. The molecule has 0 unspecified atom stereocenters. The Bertz CT molecular complexity index is 578. The van der Waals surface area contributed by atoms with Gasteiger partial charge in [-0.2, -0.15) is 0 Å². The van der Waals surface area contributed by atoms with E-state index in [-0.39, 0.29) is 11.9 Å². The summed E-state index contributed by atoms with van der Waals surface area (Å²) in [6, 6.07) is 2.74. The molecule has 1 heterocycles. The van der Waals surface area contributed by atoms with E-state index in [0.717, 1.165) is 5.69 Å². The maximum Gasteiger partial charge on any atom is 0.410 e. The van der Waals surface area contributed by atoms with Gasteiger partial charge >= 0.3 is 6.09 Å². The van der Waals surface area contributed by atoms with Crippen molar-refractivity contribution in [1.82, 2.24) is 4.90 Å². The lowest BCUT2D eigenvalue weighted by molar-refractivity contribution is 0.0241. The number of nitrogens with zero attached hydrogens (tertiary/aromatic N) is 2. The lowest BCUT2D eigenvalue weighted by Gasteiger charge is -2.37. The number of halogens is 1. The van der Waals surface area contributed by atoms with Crippen LogP contribution < -0.4 is 16.0 Å². The lowest BCUT2D eigenvalue weighted by atomic mass is 10.1. The van der Waals surface area contributed by atoms with E-state index in [9.17, 15) is 9.18 Å². The smallest absolute Gasteiger partial charge is 0.410 e. The van der Waals surface area contributed by atoms with Gasteiger partial charge in [0.2, 0.25) is 0 Å². The maximum absolute atomic E-state index is 13.5. The van der Waals surface area contributed by atoms with E-state index in [4.69, 9.17) is 10.5 Å². The fourth-order valence-corrected chi connectivity index (χ4v) is 2.60. The number of hydrogen-bond acceptors (Lipinski definition) is 5. The van der Waals surface area contributed by atoms with Gasteiger partial charge in [-0.1, -0.05) is 0 Å². The van der Waals surface area contributed by atoms with Crippen molar-refractivity contribution < 1.29 is 13.9 Å². The number of ether oxygens (including phenoxy) is 1. The summed E-state index contributed by atoms with van der Waals surface area (Å²) in [6.07, 6.45) is -0.307. The summed E-state index contributed by atoms with van der Waals surface area (Å²) in [5.74, 6) is -0.372. The number of piperazine rings is 1. The molecule has 0 spiro atoms. The van der Waals surface area contributed by atoms with Crippen LogP contribution in [-0.2, 0) is 4.74 Å². The molecule has 1 aromatic rings. The quantitative estimate of drug-likeness (QED) is 0.818. The predicted molar refractivity (Wildman–Crippen MR) is 90.4 cm³/mol. The molecule has 6 nitrogen and oxygen atoms in total. The van der Waals surface area contributed by atoms with Crippen molar-refractivity contribution in [2.75, 3.05) is 49.2 Å².